The number of nitrogens with zero attached hydrogens (tertiary/aromatic N) is 1. The van der Waals surface area contributed by atoms with E-state index in [4.69, 9.17) is 16.3 Å². The van der Waals surface area contributed by atoms with Crippen LogP contribution in [0, 0.1) is 22.5 Å². The van der Waals surface area contributed by atoms with Crippen molar-refractivity contribution in [2.24, 2.45) is 5.41 Å². The number of aromatic amines is 1. The van der Waals surface area contributed by atoms with E-state index in [1.54, 1.807) is 50.2 Å². The zero-order valence-electron chi connectivity index (χ0n) is 19.4. The Morgan fingerprint density at radius 2 is 1.85 bits per heavy atom. The number of aromatic nitrogens is 1. The van der Waals surface area contributed by atoms with Gasteiger partial charge in [-0.15, -0.1) is 10.1 Å². The highest BCUT2D eigenvalue weighted by atomic mass is 35.5. The summed E-state index contributed by atoms with van der Waals surface area (Å²) in [5, 5.41) is 13.5. The van der Waals surface area contributed by atoms with Gasteiger partial charge in [0, 0.05) is 39.1 Å². The van der Waals surface area contributed by atoms with Crippen LogP contribution in [-0.2, 0) is 16.1 Å². The molecule has 0 unspecified atom stereocenters. The first-order chi connectivity index (χ1) is 16.0. The number of fused-ring (bicyclic) bond motifs is 1. The molecule has 0 spiro atoms. The fourth-order valence-electron chi connectivity index (χ4n) is 3.67. The van der Waals surface area contributed by atoms with Crippen molar-refractivity contribution in [2.75, 3.05) is 20.3 Å². The van der Waals surface area contributed by atoms with E-state index < -0.39 is 10.5 Å². The van der Waals surface area contributed by atoms with Gasteiger partial charge in [0.2, 0.25) is 5.91 Å². The summed E-state index contributed by atoms with van der Waals surface area (Å²) >= 11 is 5.97. The predicted molar refractivity (Wildman–Crippen MR) is 128 cm³/mol. The molecule has 9 nitrogen and oxygen atoms in total. The average molecular weight is 488 g/mol. The van der Waals surface area contributed by atoms with E-state index in [2.05, 4.69) is 15.1 Å². The Morgan fingerprint density at radius 1 is 1.18 bits per heavy atom. The number of carbonyl (C=O) groups is 2. The SMILES string of the molecule is COc1ccc2[nH]c(C)c(CC(=O)NCC(C)(C)CO[N+](=O)[O-])c2c1C(=O)c1ccc(Cl)cc1. The van der Waals surface area contributed by atoms with Gasteiger partial charge in [0.05, 0.1) is 19.1 Å². The summed E-state index contributed by atoms with van der Waals surface area (Å²) in [7, 11) is 1.49. The lowest BCUT2D eigenvalue weighted by Crippen LogP contribution is -2.38. The summed E-state index contributed by atoms with van der Waals surface area (Å²) in [5.41, 5.74) is 2.28. The van der Waals surface area contributed by atoms with E-state index in [-0.39, 0.29) is 31.3 Å². The van der Waals surface area contributed by atoms with Gasteiger partial charge in [-0.2, -0.15) is 0 Å². The zero-order valence-corrected chi connectivity index (χ0v) is 20.1. The number of aryl methyl sites for hydroxylation is 1. The summed E-state index contributed by atoms with van der Waals surface area (Å²) in [5.74, 6) is -0.144. The first kappa shape index (κ1) is 25.0. The third-order valence-corrected chi connectivity index (χ3v) is 5.71. The quantitative estimate of drug-likeness (QED) is 0.250. The van der Waals surface area contributed by atoms with Gasteiger partial charge < -0.3 is 19.9 Å². The normalized spacial score (nSPS) is 11.3. The van der Waals surface area contributed by atoms with Crippen LogP contribution in [0.2, 0.25) is 5.02 Å². The van der Waals surface area contributed by atoms with Crippen molar-refractivity contribution < 1.29 is 24.3 Å². The minimum Gasteiger partial charge on any atom is -0.496 e. The number of H-pyrrole nitrogens is 1. The van der Waals surface area contributed by atoms with Gasteiger partial charge >= 0.3 is 0 Å². The van der Waals surface area contributed by atoms with Crippen LogP contribution in [0.3, 0.4) is 0 Å². The van der Waals surface area contributed by atoms with Crippen LogP contribution in [-0.4, -0.2) is 42.0 Å². The molecule has 0 aliphatic carbocycles. The van der Waals surface area contributed by atoms with Crippen LogP contribution in [0.1, 0.15) is 41.0 Å². The molecule has 1 amide bonds. The first-order valence-electron chi connectivity index (χ1n) is 10.5. The van der Waals surface area contributed by atoms with Gasteiger partial charge in [-0.1, -0.05) is 25.4 Å². The van der Waals surface area contributed by atoms with E-state index in [1.807, 2.05) is 6.92 Å². The minimum absolute atomic E-state index is 0.00602. The molecular formula is C24H26ClN3O6. The number of benzene rings is 2. The third kappa shape index (κ3) is 5.66. The highest BCUT2D eigenvalue weighted by molar-refractivity contribution is 6.30. The molecule has 2 N–H and O–H groups in total. The average Bonchev–Trinajstić information content (AvgIpc) is 3.10. The summed E-state index contributed by atoms with van der Waals surface area (Å²) in [6.07, 6.45) is 0.00602. The predicted octanol–water partition coefficient (Wildman–Crippen LogP) is 4.26. The maximum absolute atomic E-state index is 13.5. The molecule has 0 atom stereocenters. The summed E-state index contributed by atoms with van der Waals surface area (Å²) in [6, 6.07) is 10.1. The second-order valence-corrected chi connectivity index (χ2v) is 9.18. The molecule has 1 heterocycles. The molecule has 0 fully saturated rings. The molecular weight excluding hydrogens is 462 g/mol. The Labute approximate surface area is 201 Å². The van der Waals surface area contributed by atoms with Crippen LogP contribution >= 0.6 is 11.6 Å². The van der Waals surface area contributed by atoms with E-state index in [0.717, 1.165) is 5.69 Å². The van der Waals surface area contributed by atoms with Crippen molar-refractivity contribution in [3.63, 3.8) is 0 Å². The molecule has 34 heavy (non-hydrogen) atoms. The molecule has 1 aromatic heterocycles. The Kier molecular flexibility index (Phi) is 7.46. The number of methoxy groups -OCH3 is 1. The lowest BCUT2D eigenvalue weighted by atomic mass is 9.94. The van der Waals surface area contributed by atoms with Gasteiger partial charge in [-0.25, -0.2) is 0 Å². The van der Waals surface area contributed by atoms with Crippen LogP contribution < -0.4 is 10.1 Å². The van der Waals surface area contributed by atoms with Gasteiger partial charge in [0.1, 0.15) is 12.4 Å². The molecule has 0 bridgehead atoms. The Morgan fingerprint density at radius 3 is 2.47 bits per heavy atom. The number of amides is 1. The van der Waals surface area contributed by atoms with Crippen LogP contribution in [0.5, 0.6) is 5.75 Å². The molecule has 180 valence electrons. The standard InChI is InChI=1S/C24H26ClN3O6/c1-14-17(11-20(29)26-12-24(2,3)13-34-28(31)32)21-18(27-14)9-10-19(33-4)22(21)23(30)15-5-7-16(25)8-6-15/h5-10,27H,11-13H2,1-4H3,(H,26,29). The Hall–Kier alpha value is -3.59. The molecule has 3 rings (SSSR count). The van der Waals surface area contributed by atoms with E-state index in [9.17, 15) is 19.7 Å². The van der Waals surface area contributed by atoms with Gasteiger partial charge in [-0.3, -0.25) is 9.59 Å². The highest BCUT2D eigenvalue weighted by Crippen LogP contribution is 2.34. The second-order valence-electron chi connectivity index (χ2n) is 8.74. The summed E-state index contributed by atoms with van der Waals surface area (Å²) in [6.45, 7) is 5.37. The lowest BCUT2D eigenvalue weighted by Gasteiger charge is -2.23. The van der Waals surface area contributed by atoms with Crippen molar-refractivity contribution >= 4 is 34.2 Å². The van der Waals surface area contributed by atoms with Crippen molar-refractivity contribution in [3.8, 4) is 5.75 Å². The number of halogens is 1. The molecule has 0 radical (unpaired) electrons. The molecule has 0 saturated carbocycles. The van der Waals surface area contributed by atoms with Crippen molar-refractivity contribution in [3.05, 3.63) is 73.9 Å². The van der Waals surface area contributed by atoms with Crippen molar-refractivity contribution in [1.29, 1.82) is 0 Å². The first-order valence-corrected chi connectivity index (χ1v) is 10.9. The Balaban J connectivity index is 1.93. The van der Waals surface area contributed by atoms with Crippen molar-refractivity contribution in [2.45, 2.75) is 27.2 Å². The van der Waals surface area contributed by atoms with Gasteiger partial charge in [0.25, 0.3) is 5.09 Å². The number of hydrogen-bond acceptors (Lipinski definition) is 6. The van der Waals surface area contributed by atoms with Gasteiger partial charge in [0.15, 0.2) is 5.78 Å². The number of ketones is 1. The number of rotatable bonds is 10. The number of nitrogens with one attached hydrogen (secondary N) is 2. The highest BCUT2D eigenvalue weighted by Gasteiger charge is 2.25. The number of carbonyl (C=O) groups excluding carboxylic acids is 2. The number of ether oxygens (including phenoxy) is 1. The largest absolute Gasteiger partial charge is 0.496 e. The molecule has 2 aromatic carbocycles. The monoisotopic (exact) mass is 487 g/mol. The minimum atomic E-state index is -0.856. The van der Waals surface area contributed by atoms with E-state index in [0.29, 0.717) is 38.4 Å². The maximum atomic E-state index is 13.5. The zero-order chi connectivity index (χ0) is 25.0. The number of hydrogen-bond donors (Lipinski definition) is 2. The van der Waals surface area contributed by atoms with Crippen LogP contribution in [0.15, 0.2) is 36.4 Å². The fraction of sp³-hybridized carbons (Fsp3) is 0.333. The maximum Gasteiger partial charge on any atom is 0.294 e. The van der Waals surface area contributed by atoms with Gasteiger partial charge in [-0.05, 0) is 48.9 Å². The molecule has 3 aromatic rings. The molecule has 0 aliphatic rings. The van der Waals surface area contributed by atoms with Crippen LogP contribution in [0.25, 0.3) is 10.9 Å². The Bertz CT molecular complexity index is 1230. The molecule has 0 aliphatic heterocycles. The second kappa shape index (κ2) is 10.1. The molecule has 10 heteroatoms. The third-order valence-electron chi connectivity index (χ3n) is 5.46. The summed E-state index contributed by atoms with van der Waals surface area (Å²) in [4.78, 5) is 44.4. The van der Waals surface area contributed by atoms with E-state index in [1.165, 1.54) is 7.11 Å². The molecule has 0 saturated heterocycles. The smallest absolute Gasteiger partial charge is 0.294 e. The van der Waals surface area contributed by atoms with Crippen molar-refractivity contribution in [1.82, 2.24) is 10.3 Å². The lowest BCUT2D eigenvalue weighted by molar-refractivity contribution is -0.760. The van der Waals surface area contributed by atoms with Crippen LogP contribution in [0.4, 0.5) is 0 Å². The summed E-state index contributed by atoms with van der Waals surface area (Å²) < 4.78 is 5.50. The fourth-order valence-corrected chi connectivity index (χ4v) is 3.79. The van der Waals surface area contributed by atoms with E-state index >= 15 is 0 Å². The topological polar surface area (TPSA) is 124 Å².